The number of carbonyl (C=O) groups is 1. The summed E-state index contributed by atoms with van der Waals surface area (Å²) in [4.78, 5) is 17.8. The summed E-state index contributed by atoms with van der Waals surface area (Å²) in [5.74, 6) is 1.42. The fourth-order valence-electron chi connectivity index (χ4n) is 4.87. The minimum absolute atomic E-state index is 0.00475. The Morgan fingerprint density at radius 2 is 1.88 bits per heavy atom. The fourth-order valence-corrected chi connectivity index (χ4v) is 5.22. The van der Waals surface area contributed by atoms with E-state index < -0.39 is 0 Å². The topological polar surface area (TPSA) is 51.7 Å². The molecule has 5 nitrogen and oxygen atoms in total. The zero-order valence-electron chi connectivity index (χ0n) is 23.7. The van der Waals surface area contributed by atoms with Gasteiger partial charge >= 0.3 is 0 Å². The van der Waals surface area contributed by atoms with Gasteiger partial charge in [0, 0.05) is 38.3 Å². The van der Waals surface area contributed by atoms with E-state index in [-0.39, 0.29) is 5.91 Å². The summed E-state index contributed by atoms with van der Waals surface area (Å²) in [6.07, 6.45) is 9.67. The maximum absolute atomic E-state index is 11.6. The maximum Gasteiger partial charge on any atom is 0.245 e. The molecular formula is C34H37ClN2O3. The number of unbranched alkanes of at least 4 members (excludes halogenated alkanes) is 2. The van der Waals surface area contributed by atoms with Crippen molar-refractivity contribution in [2.75, 3.05) is 27.8 Å². The molecule has 6 heteroatoms. The number of ether oxygens (including phenoxy) is 2. The predicted molar refractivity (Wildman–Crippen MR) is 164 cm³/mol. The lowest BCUT2D eigenvalue weighted by Crippen LogP contribution is -2.18. The third-order valence-corrected chi connectivity index (χ3v) is 7.43. The van der Waals surface area contributed by atoms with E-state index in [0.717, 1.165) is 70.7 Å². The van der Waals surface area contributed by atoms with Gasteiger partial charge in [-0.3, -0.25) is 4.79 Å². The van der Waals surface area contributed by atoms with Crippen LogP contribution in [0.4, 0.5) is 0 Å². The van der Waals surface area contributed by atoms with Gasteiger partial charge in [0.05, 0.1) is 18.7 Å². The molecule has 0 spiro atoms. The van der Waals surface area contributed by atoms with Crippen molar-refractivity contribution in [3.63, 3.8) is 0 Å². The van der Waals surface area contributed by atoms with Crippen LogP contribution in [-0.2, 0) is 11.2 Å². The SMILES string of the molecule is CC/C(=C(\C1=C(Cl)c2ccccc2C1)c1ccc(OCCCC/C=C/C(=O)N(C)C)nc1)c1cccc(OC)c1. The highest BCUT2D eigenvalue weighted by atomic mass is 35.5. The number of likely N-dealkylation sites (N-methyl/N-ethyl adjacent to an activating group) is 1. The summed E-state index contributed by atoms with van der Waals surface area (Å²) in [7, 11) is 5.18. The lowest BCUT2D eigenvalue weighted by atomic mass is 9.88. The lowest BCUT2D eigenvalue weighted by molar-refractivity contribution is -0.123. The number of halogens is 1. The molecule has 0 bridgehead atoms. The number of hydrogen-bond donors (Lipinski definition) is 0. The van der Waals surface area contributed by atoms with Crippen LogP contribution in [0.25, 0.3) is 16.2 Å². The van der Waals surface area contributed by atoms with Crippen molar-refractivity contribution >= 4 is 33.7 Å². The van der Waals surface area contributed by atoms with E-state index >= 15 is 0 Å². The predicted octanol–water partition coefficient (Wildman–Crippen LogP) is 7.81. The van der Waals surface area contributed by atoms with Gasteiger partial charge < -0.3 is 14.4 Å². The highest BCUT2D eigenvalue weighted by molar-refractivity contribution is 6.51. The van der Waals surface area contributed by atoms with E-state index in [1.165, 1.54) is 11.1 Å². The molecule has 0 aliphatic heterocycles. The average molecular weight is 557 g/mol. The zero-order valence-corrected chi connectivity index (χ0v) is 24.5. The van der Waals surface area contributed by atoms with Gasteiger partial charge in [0.15, 0.2) is 0 Å². The van der Waals surface area contributed by atoms with Gasteiger partial charge in [-0.25, -0.2) is 4.98 Å². The molecule has 0 N–H and O–H groups in total. The molecule has 1 aromatic heterocycles. The van der Waals surface area contributed by atoms with Crippen molar-refractivity contribution in [2.45, 2.75) is 39.0 Å². The first-order valence-electron chi connectivity index (χ1n) is 13.7. The van der Waals surface area contributed by atoms with Gasteiger partial charge in [0.1, 0.15) is 5.75 Å². The van der Waals surface area contributed by atoms with E-state index in [1.807, 2.05) is 36.5 Å². The van der Waals surface area contributed by atoms with Crippen LogP contribution in [0.3, 0.4) is 0 Å². The van der Waals surface area contributed by atoms with Gasteiger partial charge in [-0.2, -0.15) is 0 Å². The van der Waals surface area contributed by atoms with Crippen LogP contribution in [-0.4, -0.2) is 43.6 Å². The third kappa shape index (κ3) is 7.02. The molecule has 3 aromatic rings. The lowest BCUT2D eigenvalue weighted by Gasteiger charge is -2.18. The normalized spacial score (nSPS) is 13.3. The van der Waals surface area contributed by atoms with E-state index in [1.54, 1.807) is 32.2 Å². The number of hydrogen-bond acceptors (Lipinski definition) is 4. The van der Waals surface area contributed by atoms with Crippen LogP contribution < -0.4 is 9.47 Å². The summed E-state index contributed by atoms with van der Waals surface area (Å²) < 4.78 is 11.5. The Kier molecular flexibility index (Phi) is 10.2. The minimum atomic E-state index is 0.00475. The number of aromatic nitrogens is 1. The first kappa shape index (κ1) is 29.2. The first-order valence-corrected chi connectivity index (χ1v) is 14.1. The molecule has 0 saturated carbocycles. The molecule has 0 saturated heterocycles. The molecule has 0 unspecified atom stereocenters. The Hall–Kier alpha value is -3.83. The molecule has 0 radical (unpaired) electrons. The molecule has 0 fully saturated rings. The van der Waals surface area contributed by atoms with Crippen LogP contribution in [0.15, 0.2) is 84.6 Å². The standard InChI is InChI=1S/C34H37ClN2O3/c1-5-28(24-14-12-15-27(21-24)39-4)33(30-22-25-13-9-10-16-29(25)34(30)35)26-18-19-31(36-23-26)40-20-11-7-6-8-17-32(38)37(2)3/h8-10,12-19,21,23H,5-7,11,20,22H2,1-4H3/b17-8+,33-28+. The summed E-state index contributed by atoms with van der Waals surface area (Å²) in [5, 5.41) is 0.793. The molecular weight excluding hydrogens is 520 g/mol. The molecule has 1 heterocycles. The van der Waals surface area contributed by atoms with Crippen LogP contribution in [0, 0.1) is 0 Å². The van der Waals surface area contributed by atoms with Crippen LogP contribution >= 0.6 is 11.6 Å². The number of methoxy groups -OCH3 is 1. The second kappa shape index (κ2) is 14.0. The quantitative estimate of drug-likeness (QED) is 0.169. The largest absolute Gasteiger partial charge is 0.497 e. The number of carbonyl (C=O) groups excluding carboxylic acids is 1. The van der Waals surface area contributed by atoms with E-state index in [9.17, 15) is 4.79 Å². The number of rotatable bonds is 12. The Labute approximate surface area is 242 Å². The van der Waals surface area contributed by atoms with E-state index in [2.05, 4.69) is 48.3 Å². The highest BCUT2D eigenvalue weighted by Gasteiger charge is 2.26. The Balaban J connectivity index is 1.56. The van der Waals surface area contributed by atoms with Crippen LogP contribution in [0.1, 0.15) is 54.9 Å². The molecule has 208 valence electrons. The fraction of sp³-hybridized carbons (Fsp3) is 0.294. The minimum Gasteiger partial charge on any atom is -0.497 e. The van der Waals surface area contributed by atoms with Crippen molar-refractivity contribution < 1.29 is 14.3 Å². The van der Waals surface area contributed by atoms with Gasteiger partial charge in [0.2, 0.25) is 11.8 Å². The second-order valence-corrected chi connectivity index (χ2v) is 10.3. The van der Waals surface area contributed by atoms with Gasteiger partial charge in [-0.15, -0.1) is 0 Å². The summed E-state index contributed by atoms with van der Waals surface area (Å²) in [5.41, 5.74) is 7.83. The van der Waals surface area contributed by atoms with Gasteiger partial charge in [-0.1, -0.05) is 61.0 Å². The number of amides is 1. The maximum atomic E-state index is 11.6. The average Bonchev–Trinajstić information content (AvgIpc) is 3.31. The molecule has 4 rings (SSSR count). The number of allylic oxidation sites excluding steroid dienone is 4. The molecule has 1 amide bonds. The summed E-state index contributed by atoms with van der Waals surface area (Å²) >= 11 is 7.03. The van der Waals surface area contributed by atoms with Crippen molar-refractivity contribution in [1.82, 2.24) is 9.88 Å². The Morgan fingerprint density at radius 3 is 2.58 bits per heavy atom. The molecule has 40 heavy (non-hydrogen) atoms. The monoisotopic (exact) mass is 556 g/mol. The third-order valence-electron chi connectivity index (χ3n) is 7.00. The number of fused-ring (bicyclic) bond motifs is 1. The van der Waals surface area contributed by atoms with Crippen molar-refractivity contribution in [3.8, 4) is 11.6 Å². The van der Waals surface area contributed by atoms with Crippen LogP contribution in [0.5, 0.6) is 11.6 Å². The smallest absolute Gasteiger partial charge is 0.245 e. The van der Waals surface area contributed by atoms with Crippen molar-refractivity contribution in [3.05, 3.63) is 107 Å². The Bertz CT molecular complexity index is 1420. The number of pyridine rings is 1. The summed E-state index contributed by atoms with van der Waals surface area (Å²) in [6.45, 7) is 2.74. The van der Waals surface area contributed by atoms with Crippen molar-refractivity contribution in [2.24, 2.45) is 0 Å². The van der Waals surface area contributed by atoms with Crippen LogP contribution in [0.2, 0.25) is 0 Å². The summed E-state index contributed by atoms with van der Waals surface area (Å²) in [6, 6.07) is 20.5. The molecule has 1 aliphatic carbocycles. The molecule has 0 atom stereocenters. The van der Waals surface area contributed by atoms with E-state index in [0.29, 0.717) is 12.5 Å². The zero-order chi connectivity index (χ0) is 28.5. The number of nitrogens with zero attached hydrogens (tertiary/aromatic N) is 2. The molecule has 2 aromatic carbocycles. The first-order chi connectivity index (χ1) is 19.4. The number of benzene rings is 2. The van der Waals surface area contributed by atoms with Crippen molar-refractivity contribution in [1.29, 1.82) is 0 Å². The van der Waals surface area contributed by atoms with Gasteiger partial charge in [-0.05, 0) is 83.4 Å². The van der Waals surface area contributed by atoms with Gasteiger partial charge in [0.25, 0.3) is 0 Å². The molecule has 1 aliphatic rings. The second-order valence-electron chi connectivity index (χ2n) is 9.93. The Morgan fingerprint density at radius 1 is 1.05 bits per heavy atom. The highest BCUT2D eigenvalue weighted by Crippen LogP contribution is 2.45. The van der Waals surface area contributed by atoms with E-state index in [4.69, 9.17) is 21.1 Å².